The molecule has 1 aliphatic carbocycles. The molecule has 0 amide bonds. The highest BCUT2D eigenvalue weighted by atomic mass is 79.9. The van der Waals surface area contributed by atoms with E-state index in [1.165, 1.54) is 12.1 Å². The number of carboxylic acid groups (broad SMARTS) is 1. The number of ether oxygens (including phenoxy) is 1. The van der Waals surface area contributed by atoms with E-state index in [2.05, 4.69) is 15.9 Å². The first-order chi connectivity index (χ1) is 8.92. The molecule has 1 aromatic carbocycles. The second-order valence-corrected chi connectivity index (χ2v) is 5.64. The average molecular weight is 330 g/mol. The van der Waals surface area contributed by atoms with E-state index in [0.717, 1.165) is 12.8 Å². The zero-order valence-corrected chi connectivity index (χ0v) is 11.6. The van der Waals surface area contributed by atoms with Gasteiger partial charge in [0.05, 0.1) is 18.0 Å². The van der Waals surface area contributed by atoms with Crippen LogP contribution in [0.2, 0.25) is 0 Å². The molecule has 102 valence electrons. The molecule has 0 unspecified atom stereocenters. The van der Waals surface area contributed by atoms with E-state index in [1.54, 1.807) is 6.07 Å². The zero-order valence-electron chi connectivity index (χ0n) is 9.97. The molecule has 1 fully saturated rings. The maximum atomic E-state index is 10.9. The molecule has 6 nitrogen and oxygen atoms in total. The molecule has 1 aliphatic rings. The van der Waals surface area contributed by atoms with Crippen LogP contribution >= 0.6 is 15.9 Å². The summed E-state index contributed by atoms with van der Waals surface area (Å²) in [6.07, 6.45) is 1.60. The fraction of sp³-hybridized carbons (Fsp3) is 0.417. The summed E-state index contributed by atoms with van der Waals surface area (Å²) in [4.78, 5) is 21.1. The molecule has 0 aliphatic heterocycles. The number of benzene rings is 1. The minimum absolute atomic E-state index is 0.0390. The second kappa shape index (κ2) is 5.16. The van der Waals surface area contributed by atoms with Gasteiger partial charge in [-0.15, -0.1) is 0 Å². The highest BCUT2D eigenvalue weighted by molar-refractivity contribution is 9.10. The van der Waals surface area contributed by atoms with Gasteiger partial charge in [0, 0.05) is 16.0 Å². The molecule has 0 radical (unpaired) electrons. The number of hydrogen-bond acceptors (Lipinski definition) is 4. The minimum Gasteiger partial charge on any atom is -0.486 e. The molecular weight excluding hydrogens is 318 g/mol. The number of halogens is 1. The van der Waals surface area contributed by atoms with E-state index in [-0.39, 0.29) is 29.9 Å². The van der Waals surface area contributed by atoms with Crippen LogP contribution in [-0.2, 0) is 4.79 Å². The molecule has 2 rings (SSSR count). The number of nitro groups is 1. The number of nitro benzene ring substituents is 1. The second-order valence-electron chi connectivity index (χ2n) is 4.73. The van der Waals surface area contributed by atoms with Gasteiger partial charge < -0.3 is 9.84 Å². The third-order valence-corrected chi connectivity index (χ3v) is 3.63. The third kappa shape index (κ3) is 3.44. The number of carboxylic acids is 1. The van der Waals surface area contributed by atoms with Crippen LogP contribution in [0.15, 0.2) is 22.7 Å². The van der Waals surface area contributed by atoms with Crippen molar-refractivity contribution in [3.05, 3.63) is 32.8 Å². The van der Waals surface area contributed by atoms with Crippen molar-refractivity contribution in [1.29, 1.82) is 0 Å². The molecule has 0 heterocycles. The summed E-state index contributed by atoms with van der Waals surface area (Å²) < 4.78 is 6.05. The van der Waals surface area contributed by atoms with Crippen molar-refractivity contribution in [3.8, 4) is 5.75 Å². The van der Waals surface area contributed by atoms with Crippen LogP contribution in [0.3, 0.4) is 0 Å². The first kappa shape index (κ1) is 13.8. The fourth-order valence-corrected chi connectivity index (χ4v) is 2.20. The molecular formula is C12H12BrNO5. The van der Waals surface area contributed by atoms with Crippen LogP contribution in [0.5, 0.6) is 5.75 Å². The Morgan fingerprint density at radius 1 is 1.53 bits per heavy atom. The van der Waals surface area contributed by atoms with Crippen LogP contribution in [0.1, 0.15) is 19.3 Å². The van der Waals surface area contributed by atoms with Crippen LogP contribution in [0.4, 0.5) is 5.69 Å². The van der Waals surface area contributed by atoms with Crippen molar-refractivity contribution in [2.24, 2.45) is 5.41 Å². The Morgan fingerprint density at radius 3 is 2.74 bits per heavy atom. The van der Waals surface area contributed by atoms with Gasteiger partial charge in [-0.1, -0.05) is 15.9 Å². The summed E-state index contributed by atoms with van der Waals surface area (Å²) in [6, 6.07) is 4.53. The quantitative estimate of drug-likeness (QED) is 0.640. The number of hydrogen-bond donors (Lipinski definition) is 1. The van der Waals surface area contributed by atoms with E-state index in [1.807, 2.05) is 0 Å². The Morgan fingerprint density at radius 2 is 2.21 bits per heavy atom. The van der Waals surface area contributed by atoms with E-state index < -0.39 is 10.9 Å². The standard InChI is InChI=1S/C12H12BrNO5/c13-8-1-2-10(9(5-8)14(17)18)19-7-12(3-4-12)6-11(15)16/h1-2,5H,3-4,6-7H2,(H,15,16). The van der Waals surface area contributed by atoms with Gasteiger partial charge in [0.25, 0.3) is 0 Å². The Hall–Kier alpha value is -1.63. The lowest BCUT2D eigenvalue weighted by atomic mass is 10.0. The summed E-state index contributed by atoms with van der Waals surface area (Å²) in [5.74, 6) is -0.698. The Kier molecular flexibility index (Phi) is 3.75. The van der Waals surface area contributed by atoms with Gasteiger partial charge in [0.15, 0.2) is 5.75 Å². The van der Waals surface area contributed by atoms with Crippen LogP contribution < -0.4 is 4.74 Å². The summed E-state index contributed by atoms with van der Waals surface area (Å²) in [5, 5.41) is 19.7. The van der Waals surface area contributed by atoms with Gasteiger partial charge in [0.2, 0.25) is 0 Å². The van der Waals surface area contributed by atoms with Gasteiger partial charge in [-0.25, -0.2) is 0 Å². The van der Waals surface area contributed by atoms with Crippen molar-refractivity contribution >= 4 is 27.6 Å². The van der Waals surface area contributed by atoms with Gasteiger partial charge in [-0.3, -0.25) is 14.9 Å². The van der Waals surface area contributed by atoms with Crippen molar-refractivity contribution in [2.75, 3.05) is 6.61 Å². The van der Waals surface area contributed by atoms with Gasteiger partial charge in [-0.05, 0) is 25.0 Å². The van der Waals surface area contributed by atoms with E-state index in [0.29, 0.717) is 4.47 Å². The van der Waals surface area contributed by atoms with E-state index in [9.17, 15) is 14.9 Å². The first-order valence-corrected chi connectivity index (χ1v) is 6.50. The Bertz CT molecular complexity index is 527. The number of carbonyl (C=O) groups is 1. The molecule has 7 heteroatoms. The van der Waals surface area contributed by atoms with Crippen LogP contribution in [0, 0.1) is 15.5 Å². The van der Waals surface area contributed by atoms with Crippen molar-refractivity contribution < 1.29 is 19.6 Å². The zero-order chi connectivity index (χ0) is 14.0. The average Bonchev–Trinajstić information content (AvgIpc) is 3.06. The maximum Gasteiger partial charge on any atom is 0.312 e. The predicted octanol–water partition coefficient (Wildman–Crippen LogP) is 2.99. The molecule has 19 heavy (non-hydrogen) atoms. The lowest BCUT2D eigenvalue weighted by Gasteiger charge is -2.14. The number of rotatable bonds is 6. The topological polar surface area (TPSA) is 89.7 Å². The van der Waals surface area contributed by atoms with Gasteiger partial charge in [0.1, 0.15) is 0 Å². The summed E-state index contributed by atoms with van der Waals surface area (Å²) >= 11 is 3.16. The number of aliphatic carboxylic acids is 1. The third-order valence-electron chi connectivity index (χ3n) is 3.13. The molecule has 0 aromatic heterocycles. The smallest absolute Gasteiger partial charge is 0.312 e. The maximum absolute atomic E-state index is 10.9. The Labute approximate surface area is 117 Å². The normalized spacial score (nSPS) is 15.8. The largest absolute Gasteiger partial charge is 0.486 e. The molecule has 1 saturated carbocycles. The summed E-state index contributed by atoms with van der Waals surface area (Å²) in [7, 11) is 0. The van der Waals surface area contributed by atoms with Crippen molar-refractivity contribution in [2.45, 2.75) is 19.3 Å². The number of nitrogens with zero attached hydrogens (tertiary/aromatic N) is 1. The molecule has 0 spiro atoms. The van der Waals surface area contributed by atoms with Crippen LogP contribution in [0.25, 0.3) is 0 Å². The lowest BCUT2D eigenvalue weighted by Crippen LogP contribution is -2.17. The summed E-state index contributed by atoms with van der Waals surface area (Å²) in [5.41, 5.74) is -0.479. The van der Waals surface area contributed by atoms with Crippen molar-refractivity contribution in [1.82, 2.24) is 0 Å². The Balaban J connectivity index is 2.08. The molecule has 1 N–H and O–H groups in total. The predicted molar refractivity (Wildman–Crippen MR) is 70.2 cm³/mol. The highest BCUT2D eigenvalue weighted by Gasteiger charge is 2.45. The molecule has 0 bridgehead atoms. The van der Waals surface area contributed by atoms with E-state index in [4.69, 9.17) is 9.84 Å². The van der Waals surface area contributed by atoms with E-state index >= 15 is 0 Å². The van der Waals surface area contributed by atoms with Crippen molar-refractivity contribution in [3.63, 3.8) is 0 Å². The van der Waals surface area contributed by atoms with Crippen LogP contribution in [-0.4, -0.2) is 22.6 Å². The molecule has 1 aromatic rings. The lowest BCUT2D eigenvalue weighted by molar-refractivity contribution is -0.386. The summed E-state index contributed by atoms with van der Waals surface area (Å²) in [6.45, 7) is 0.196. The molecule has 0 saturated heterocycles. The highest BCUT2D eigenvalue weighted by Crippen LogP contribution is 2.49. The SMILES string of the molecule is O=C(O)CC1(COc2ccc(Br)cc2[N+](=O)[O-])CC1. The fourth-order valence-electron chi connectivity index (χ4n) is 1.86. The monoisotopic (exact) mass is 329 g/mol. The van der Waals surface area contributed by atoms with Gasteiger partial charge in [-0.2, -0.15) is 0 Å². The first-order valence-electron chi connectivity index (χ1n) is 5.70. The van der Waals surface area contributed by atoms with Gasteiger partial charge >= 0.3 is 11.7 Å². The minimum atomic E-state index is -0.869. The molecule has 0 atom stereocenters.